The Morgan fingerprint density at radius 3 is 2.75 bits per heavy atom. The molecular weight excluding hydrogens is 370 g/mol. The van der Waals surface area contributed by atoms with Crippen molar-refractivity contribution in [3.05, 3.63) is 64.3 Å². The molecule has 7 heteroatoms. The second-order valence-corrected chi connectivity index (χ2v) is 8.20. The quantitative estimate of drug-likeness (QED) is 0.560. The lowest BCUT2D eigenvalue weighted by Gasteiger charge is -2.23. The van der Waals surface area contributed by atoms with Crippen LogP contribution in [0.5, 0.6) is 0 Å². The molecule has 0 bridgehead atoms. The largest absolute Gasteiger partial charge is 0.317 e. The molecule has 1 fully saturated rings. The molecule has 4 aromatic rings. The van der Waals surface area contributed by atoms with Crippen LogP contribution >= 0.6 is 11.3 Å². The highest BCUT2D eigenvalue weighted by molar-refractivity contribution is 7.18. The zero-order valence-corrected chi connectivity index (χ0v) is 16.4. The SMILES string of the molecule is Cc1nc(-c2ccccc2)sc1-c1cnn2c(C3CCNCC3)cc(=O)[nH]c12. The lowest BCUT2D eigenvalue weighted by atomic mass is 9.94. The number of thiazole rings is 1. The van der Waals surface area contributed by atoms with Crippen molar-refractivity contribution >= 4 is 17.0 Å². The van der Waals surface area contributed by atoms with Gasteiger partial charge in [-0.25, -0.2) is 9.50 Å². The maximum Gasteiger partial charge on any atom is 0.251 e. The van der Waals surface area contributed by atoms with Crippen molar-refractivity contribution in [2.75, 3.05) is 13.1 Å². The Morgan fingerprint density at radius 1 is 1.18 bits per heavy atom. The van der Waals surface area contributed by atoms with Gasteiger partial charge in [-0.1, -0.05) is 30.3 Å². The van der Waals surface area contributed by atoms with E-state index in [0.717, 1.165) is 64.0 Å². The van der Waals surface area contributed by atoms with E-state index in [1.54, 1.807) is 17.4 Å². The molecule has 1 aromatic carbocycles. The van der Waals surface area contributed by atoms with Crippen molar-refractivity contribution < 1.29 is 0 Å². The van der Waals surface area contributed by atoms with Gasteiger partial charge in [0.15, 0.2) is 0 Å². The summed E-state index contributed by atoms with van der Waals surface area (Å²) in [4.78, 5) is 21.2. The zero-order chi connectivity index (χ0) is 19.1. The van der Waals surface area contributed by atoms with Crippen LogP contribution in [0.3, 0.4) is 0 Å². The Hall–Kier alpha value is -2.77. The van der Waals surface area contributed by atoms with Gasteiger partial charge in [0, 0.05) is 17.5 Å². The van der Waals surface area contributed by atoms with E-state index < -0.39 is 0 Å². The smallest absolute Gasteiger partial charge is 0.251 e. The average Bonchev–Trinajstić information content (AvgIpc) is 3.32. The second kappa shape index (κ2) is 7.00. The molecule has 0 atom stereocenters. The third kappa shape index (κ3) is 2.96. The minimum absolute atomic E-state index is 0.0757. The van der Waals surface area contributed by atoms with Crippen LogP contribution in [0.15, 0.2) is 47.4 Å². The van der Waals surface area contributed by atoms with Crippen LogP contribution in [0.1, 0.15) is 30.1 Å². The summed E-state index contributed by atoms with van der Waals surface area (Å²) in [5.41, 5.74) is 4.66. The molecule has 0 amide bonds. The molecule has 1 aliphatic rings. The summed E-state index contributed by atoms with van der Waals surface area (Å²) < 4.78 is 1.91. The van der Waals surface area contributed by atoms with Gasteiger partial charge in [-0.05, 0) is 32.9 Å². The molecule has 4 heterocycles. The van der Waals surface area contributed by atoms with Gasteiger partial charge in [0.05, 0.1) is 28.0 Å². The number of hydrogen-bond donors (Lipinski definition) is 2. The van der Waals surface area contributed by atoms with Crippen molar-refractivity contribution in [3.8, 4) is 21.0 Å². The maximum absolute atomic E-state index is 12.4. The number of aryl methyl sites for hydroxylation is 1. The molecule has 1 aliphatic heterocycles. The number of piperidine rings is 1. The van der Waals surface area contributed by atoms with Gasteiger partial charge in [-0.3, -0.25) is 4.79 Å². The topological polar surface area (TPSA) is 75.1 Å². The van der Waals surface area contributed by atoms with Crippen molar-refractivity contribution in [2.24, 2.45) is 0 Å². The van der Waals surface area contributed by atoms with E-state index in [-0.39, 0.29) is 5.56 Å². The van der Waals surface area contributed by atoms with Gasteiger partial charge in [0.1, 0.15) is 10.7 Å². The number of benzene rings is 1. The van der Waals surface area contributed by atoms with Crippen LogP contribution in [0.4, 0.5) is 0 Å². The summed E-state index contributed by atoms with van der Waals surface area (Å²) in [6.45, 7) is 3.96. The van der Waals surface area contributed by atoms with E-state index in [1.807, 2.05) is 35.8 Å². The summed E-state index contributed by atoms with van der Waals surface area (Å²) in [5.74, 6) is 0.348. The molecule has 28 heavy (non-hydrogen) atoms. The van der Waals surface area contributed by atoms with Crippen LogP contribution in [0, 0.1) is 6.92 Å². The van der Waals surface area contributed by atoms with E-state index in [2.05, 4.69) is 27.5 Å². The molecular formula is C21H21N5OS. The van der Waals surface area contributed by atoms with Gasteiger partial charge >= 0.3 is 0 Å². The molecule has 0 unspecified atom stereocenters. The van der Waals surface area contributed by atoms with Crippen LogP contribution in [0.2, 0.25) is 0 Å². The predicted molar refractivity (Wildman–Crippen MR) is 112 cm³/mol. The summed E-state index contributed by atoms with van der Waals surface area (Å²) in [5, 5.41) is 9.00. The zero-order valence-electron chi connectivity index (χ0n) is 15.6. The minimum Gasteiger partial charge on any atom is -0.317 e. The third-order valence-electron chi connectivity index (χ3n) is 5.35. The van der Waals surface area contributed by atoms with Crippen molar-refractivity contribution in [2.45, 2.75) is 25.7 Å². The number of H-pyrrole nitrogens is 1. The molecule has 6 nitrogen and oxygen atoms in total. The van der Waals surface area contributed by atoms with Crippen LogP contribution in [-0.4, -0.2) is 32.7 Å². The first-order valence-electron chi connectivity index (χ1n) is 9.55. The number of aromatic nitrogens is 4. The summed E-state index contributed by atoms with van der Waals surface area (Å²) >= 11 is 1.64. The number of nitrogens with zero attached hydrogens (tertiary/aromatic N) is 3. The van der Waals surface area contributed by atoms with Gasteiger partial charge in [-0.15, -0.1) is 11.3 Å². The van der Waals surface area contributed by atoms with Gasteiger partial charge in [0.25, 0.3) is 5.56 Å². The van der Waals surface area contributed by atoms with Gasteiger partial charge < -0.3 is 10.3 Å². The van der Waals surface area contributed by atoms with E-state index in [9.17, 15) is 4.79 Å². The molecule has 0 saturated carbocycles. The minimum atomic E-state index is -0.0757. The lowest BCUT2D eigenvalue weighted by Crippen LogP contribution is -2.28. The normalized spacial score (nSPS) is 15.3. The number of rotatable bonds is 3. The second-order valence-electron chi connectivity index (χ2n) is 7.20. The highest BCUT2D eigenvalue weighted by atomic mass is 32.1. The monoisotopic (exact) mass is 391 g/mol. The van der Waals surface area contributed by atoms with E-state index in [4.69, 9.17) is 4.98 Å². The summed E-state index contributed by atoms with van der Waals surface area (Å²) in [6.07, 6.45) is 3.89. The average molecular weight is 392 g/mol. The number of nitrogens with one attached hydrogen (secondary N) is 2. The number of hydrogen-bond acceptors (Lipinski definition) is 5. The molecule has 0 aliphatic carbocycles. The van der Waals surface area contributed by atoms with Crippen LogP contribution in [0.25, 0.3) is 26.7 Å². The van der Waals surface area contributed by atoms with Crippen molar-refractivity contribution in [3.63, 3.8) is 0 Å². The van der Waals surface area contributed by atoms with Crippen molar-refractivity contribution in [1.29, 1.82) is 0 Å². The fourth-order valence-corrected chi connectivity index (χ4v) is 5.02. The fourth-order valence-electron chi connectivity index (χ4n) is 3.94. The Bertz CT molecular complexity index is 1180. The fraction of sp³-hybridized carbons (Fsp3) is 0.286. The van der Waals surface area contributed by atoms with E-state index in [0.29, 0.717) is 5.92 Å². The molecule has 2 N–H and O–H groups in total. The molecule has 5 rings (SSSR count). The highest BCUT2D eigenvalue weighted by Crippen LogP contribution is 2.37. The Morgan fingerprint density at radius 2 is 1.96 bits per heavy atom. The standard InChI is InChI=1S/C21H21N5OS/c1-13-19(28-21(24-13)15-5-3-2-4-6-15)16-12-23-26-17(11-18(27)25-20(16)26)14-7-9-22-10-8-14/h2-6,11-12,14,22H,7-10H2,1H3,(H,25,27). The summed E-state index contributed by atoms with van der Waals surface area (Å²) in [6, 6.07) is 11.9. The van der Waals surface area contributed by atoms with E-state index in [1.165, 1.54) is 0 Å². The summed E-state index contributed by atoms with van der Waals surface area (Å²) in [7, 11) is 0. The van der Waals surface area contributed by atoms with Gasteiger partial charge in [-0.2, -0.15) is 5.10 Å². The first-order chi connectivity index (χ1) is 13.7. The lowest BCUT2D eigenvalue weighted by molar-refractivity contribution is 0.446. The van der Waals surface area contributed by atoms with Crippen LogP contribution < -0.4 is 10.9 Å². The predicted octanol–water partition coefficient (Wildman–Crippen LogP) is 3.59. The third-order valence-corrected chi connectivity index (χ3v) is 6.59. The van der Waals surface area contributed by atoms with E-state index >= 15 is 0 Å². The molecule has 0 spiro atoms. The van der Waals surface area contributed by atoms with Crippen LogP contribution in [-0.2, 0) is 0 Å². The molecule has 1 saturated heterocycles. The van der Waals surface area contributed by atoms with Crippen molar-refractivity contribution in [1.82, 2.24) is 24.9 Å². The number of fused-ring (bicyclic) bond motifs is 1. The maximum atomic E-state index is 12.4. The van der Waals surface area contributed by atoms with Gasteiger partial charge in [0.2, 0.25) is 0 Å². The number of aromatic amines is 1. The Kier molecular flexibility index (Phi) is 4.33. The first-order valence-corrected chi connectivity index (χ1v) is 10.4. The molecule has 142 valence electrons. The molecule has 3 aromatic heterocycles. The molecule has 0 radical (unpaired) electrons. The highest BCUT2D eigenvalue weighted by Gasteiger charge is 2.22. The first kappa shape index (κ1) is 17.3. The Balaban J connectivity index is 1.64. The Labute approximate surface area is 166 Å².